The van der Waals surface area contributed by atoms with Crippen LogP contribution in [0.5, 0.6) is 0 Å². The summed E-state index contributed by atoms with van der Waals surface area (Å²) in [6.45, 7) is 3.15. The molecule has 1 heteroatoms. The molecule has 1 aliphatic heterocycles. The number of ether oxygens (including phenoxy) is 1. The fourth-order valence-electron chi connectivity index (χ4n) is 0.304. The Morgan fingerprint density at radius 1 is 2.20 bits per heavy atom. The van der Waals surface area contributed by atoms with Gasteiger partial charge in [-0.05, 0) is 6.42 Å². The highest BCUT2D eigenvalue weighted by molar-refractivity contribution is 4.64. The van der Waals surface area contributed by atoms with Crippen LogP contribution in [-0.2, 0) is 4.74 Å². The Bertz CT molecular complexity index is 34.5. The van der Waals surface area contributed by atoms with Crippen molar-refractivity contribution in [1.29, 1.82) is 0 Å². The summed E-state index contributed by atoms with van der Waals surface area (Å²) in [5.74, 6) is 0. The summed E-state index contributed by atoms with van der Waals surface area (Å²) in [6, 6.07) is 0. The van der Waals surface area contributed by atoms with Gasteiger partial charge in [-0.1, -0.05) is 6.92 Å². The molecule has 1 saturated heterocycles. The lowest BCUT2D eigenvalue weighted by Gasteiger charge is -1.69. The molecular formula is C4H10O. The molecule has 0 spiro atoms. The molecular weight excluding hydrogens is 64.0 g/mol. The van der Waals surface area contributed by atoms with Crippen LogP contribution in [-0.4, -0.2) is 12.7 Å². The average Bonchev–Trinajstić information content (AvgIpc) is 2.12. The smallest absolute Gasteiger partial charge is 0.0807 e. The SMILES string of the molecule is CCC1CO1.[HH]. The van der Waals surface area contributed by atoms with Crippen LogP contribution in [0.4, 0.5) is 0 Å². The van der Waals surface area contributed by atoms with Gasteiger partial charge in [0, 0.05) is 1.43 Å². The number of rotatable bonds is 1. The molecule has 0 aromatic heterocycles. The minimum atomic E-state index is 0. The van der Waals surface area contributed by atoms with E-state index in [9.17, 15) is 0 Å². The van der Waals surface area contributed by atoms with Crippen LogP contribution in [0.15, 0.2) is 0 Å². The van der Waals surface area contributed by atoms with Crippen molar-refractivity contribution in [3.63, 3.8) is 0 Å². The highest BCUT2D eigenvalue weighted by atomic mass is 16.6. The summed E-state index contributed by atoms with van der Waals surface area (Å²) in [6.07, 6.45) is 1.83. The summed E-state index contributed by atoms with van der Waals surface area (Å²) < 4.78 is 4.86. The highest BCUT2D eigenvalue weighted by Crippen LogP contribution is 2.10. The molecule has 1 aliphatic rings. The molecule has 1 rings (SSSR count). The zero-order chi connectivity index (χ0) is 3.70. The van der Waals surface area contributed by atoms with Crippen LogP contribution in [0.3, 0.4) is 0 Å². The van der Waals surface area contributed by atoms with Crippen LogP contribution >= 0.6 is 0 Å². The third-order valence-electron chi connectivity index (χ3n) is 0.858. The van der Waals surface area contributed by atoms with Crippen molar-refractivity contribution < 1.29 is 6.16 Å². The van der Waals surface area contributed by atoms with Gasteiger partial charge in [0.05, 0.1) is 12.7 Å². The van der Waals surface area contributed by atoms with Crippen molar-refractivity contribution in [2.24, 2.45) is 0 Å². The molecule has 0 N–H and O–H groups in total. The van der Waals surface area contributed by atoms with E-state index in [2.05, 4.69) is 6.92 Å². The predicted molar refractivity (Wildman–Crippen MR) is 22.1 cm³/mol. The first-order chi connectivity index (χ1) is 2.43. The maximum absolute atomic E-state index is 4.86. The van der Waals surface area contributed by atoms with E-state index in [4.69, 9.17) is 4.74 Å². The summed E-state index contributed by atoms with van der Waals surface area (Å²) in [7, 11) is 0. The number of hydrogen-bond donors (Lipinski definition) is 0. The zero-order valence-corrected chi connectivity index (χ0v) is 3.40. The molecule has 1 nitrogen and oxygen atoms in total. The third-order valence-corrected chi connectivity index (χ3v) is 0.858. The van der Waals surface area contributed by atoms with Gasteiger partial charge in [0.25, 0.3) is 0 Å². The van der Waals surface area contributed by atoms with Crippen LogP contribution < -0.4 is 0 Å². The van der Waals surface area contributed by atoms with Crippen molar-refractivity contribution in [1.82, 2.24) is 0 Å². The Morgan fingerprint density at radius 2 is 2.80 bits per heavy atom. The first kappa shape index (κ1) is 3.16. The fraction of sp³-hybridized carbons (Fsp3) is 1.00. The molecule has 0 bridgehead atoms. The van der Waals surface area contributed by atoms with Crippen molar-refractivity contribution in [3.8, 4) is 0 Å². The minimum absolute atomic E-state index is 0. The van der Waals surface area contributed by atoms with Crippen molar-refractivity contribution in [3.05, 3.63) is 0 Å². The number of hydrogen-bond acceptors (Lipinski definition) is 1. The Kier molecular flexibility index (Phi) is 0.618. The minimum Gasteiger partial charge on any atom is -0.373 e. The molecule has 1 fully saturated rings. The van der Waals surface area contributed by atoms with E-state index in [0.29, 0.717) is 6.10 Å². The van der Waals surface area contributed by atoms with Crippen molar-refractivity contribution in [2.75, 3.05) is 6.61 Å². The molecule has 0 aliphatic carbocycles. The third kappa shape index (κ3) is 0.618. The Morgan fingerprint density at radius 3 is 2.80 bits per heavy atom. The standard InChI is InChI=1S/C4H8O.H2/c1-2-4-3-5-4;/h4H,2-3H2,1H3;1H. The van der Waals surface area contributed by atoms with E-state index < -0.39 is 0 Å². The van der Waals surface area contributed by atoms with Gasteiger partial charge in [-0.2, -0.15) is 0 Å². The van der Waals surface area contributed by atoms with E-state index in [1.165, 1.54) is 6.42 Å². The molecule has 32 valence electrons. The summed E-state index contributed by atoms with van der Waals surface area (Å²) >= 11 is 0. The summed E-state index contributed by atoms with van der Waals surface area (Å²) in [5.41, 5.74) is 0. The lowest BCUT2D eigenvalue weighted by atomic mass is 10.4. The number of epoxide rings is 1. The van der Waals surface area contributed by atoms with Gasteiger partial charge in [-0.25, -0.2) is 0 Å². The molecule has 1 unspecified atom stereocenters. The normalized spacial score (nSPS) is 34.2. The first-order valence-corrected chi connectivity index (χ1v) is 2.05. The molecule has 0 radical (unpaired) electrons. The van der Waals surface area contributed by atoms with Gasteiger partial charge in [0.2, 0.25) is 0 Å². The topological polar surface area (TPSA) is 12.5 Å². The van der Waals surface area contributed by atoms with Crippen LogP contribution in [0.1, 0.15) is 14.8 Å². The van der Waals surface area contributed by atoms with Gasteiger partial charge in [0.1, 0.15) is 0 Å². The highest BCUT2D eigenvalue weighted by Gasteiger charge is 2.18. The van der Waals surface area contributed by atoms with Gasteiger partial charge < -0.3 is 4.74 Å². The van der Waals surface area contributed by atoms with Crippen LogP contribution in [0, 0.1) is 0 Å². The quantitative estimate of drug-likeness (QED) is 0.423. The lowest BCUT2D eigenvalue weighted by molar-refractivity contribution is 0.403. The molecule has 1 heterocycles. The monoisotopic (exact) mass is 74.1 g/mol. The van der Waals surface area contributed by atoms with Crippen molar-refractivity contribution in [2.45, 2.75) is 19.4 Å². The van der Waals surface area contributed by atoms with E-state index in [0.717, 1.165) is 6.61 Å². The maximum Gasteiger partial charge on any atom is 0.0807 e. The fourth-order valence-corrected chi connectivity index (χ4v) is 0.304. The molecule has 0 aromatic rings. The largest absolute Gasteiger partial charge is 0.373 e. The second-order valence-electron chi connectivity index (χ2n) is 1.36. The Labute approximate surface area is 33.4 Å². The van der Waals surface area contributed by atoms with E-state index in [1.807, 2.05) is 0 Å². The molecule has 5 heavy (non-hydrogen) atoms. The second kappa shape index (κ2) is 0.977. The van der Waals surface area contributed by atoms with Gasteiger partial charge in [0.15, 0.2) is 0 Å². The molecule has 0 saturated carbocycles. The van der Waals surface area contributed by atoms with Crippen molar-refractivity contribution >= 4 is 0 Å². The maximum atomic E-state index is 4.86. The zero-order valence-electron chi connectivity index (χ0n) is 3.40. The first-order valence-electron chi connectivity index (χ1n) is 2.05. The van der Waals surface area contributed by atoms with Gasteiger partial charge in [-0.15, -0.1) is 0 Å². The molecule has 1 atom stereocenters. The Balaban J connectivity index is 0.000000250. The Hall–Kier alpha value is -0.0400. The summed E-state index contributed by atoms with van der Waals surface area (Å²) in [4.78, 5) is 0. The van der Waals surface area contributed by atoms with Gasteiger partial charge >= 0.3 is 0 Å². The molecule has 0 aromatic carbocycles. The van der Waals surface area contributed by atoms with Crippen LogP contribution in [0.25, 0.3) is 0 Å². The van der Waals surface area contributed by atoms with E-state index >= 15 is 0 Å². The van der Waals surface area contributed by atoms with Gasteiger partial charge in [-0.3, -0.25) is 0 Å². The molecule has 0 amide bonds. The van der Waals surface area contributed by atoms with E-state index in [-0.39, 0.29) is 1.43 Å². The lowest BCUT2D eigenvalue weighted by Crippen LogP contribution is -1.73. The average molecular weight is 74.1 g/mol. The second-order valence-corrected chi connectivity index (χ2v) is 1.36. The summed E-state index contributed by atoms with van der Waals surface area (Å²) in [5, 5.41) is 0. The predicted octanol–water partition coefficient (Wildman–Crippen LogP) is 1.04. The van der Waals surface area contributed by atoms with E-state index in [1.54, 1.807) is 0 Å². The van der Waals surface area contributed by atoms with Crippen LogP contribution in [0.2, 0.25) is 0 Å².